The van der Waals surface area contributed by atoms with Gasteiger partial charge in [-0.3, -0.25) is 0 Å². The number of rotatable bonds is 7. The van der Waals surface area contributed by atoms with Gasteiger partial charge < -0.3 is 14.0 Å². The van der Waals surface area contributed by atoms with Crippen LogP contribution < -0.4 is 4.74 Å². The Morgan fingerprint density at radius 3 is 2.65 bits per heavy atom. The SMILES string of the molecule is COCCCn1c(Cc2ccc(OC)cc2)nc2cccnc21. The molecule has 3 aromatic rings. The minimum absolute atomic E-state index is 0.731. The Kier molecular flexibility index (Phi) is 4.88. The smallest absolute Gasteiger partial charge is 0.159 e. The molecule has 5 heteroatoms. The van der Waals surface area contributed by atoms with Gasteiger partial charge >= 0.3 is 0 Å². The van der Waals surface area contributed by atoms with E-state index in [9.17, 15) is 0 Å². The number of methoxy groups -OCH3 is 2. The Bertz CT molecular complexity index is 766. The van der Waals surface area contributed by atoms with E-state index in [0.717, 1.165) is 48.7 Å². The number of nitrogens with zero attached hydrogens (tertiary/aromatic N) is 3. The molecule has 1 aromatic carbocycles. The van der Waals surface area contributed by atoms with Gasteiger partial charge in [-0.25, -0.2) is 9.97 Å². The standard InChI is InChI=1S/C18H21N3O2/c1-22-12-4-11-21-17(20-16-5-3-10-19-18(16)21)13-14-6-8-15(23-2)9-7-14/h3,5-10H,4,11-13H2,1-2H3. The molecule has 0 N–H and O–H groups in total. The number of imidazole rings is 1. The van der Waals surface area contributed by atoms with Crippen molar-refractivity contribution in [3.63, 3.8) is 0 Å². The molecule has 2 aromatic heterocycles. The summed E-state index contributed by atoms with van der Waals surface area (Å²) < 4.78 is 12.6. The Morgan fingerprint density at radius 1 is 1.09 bits per heavy atom. The van der Waals surface area contributed by atoms with Crippen LogP contribution in [0.1, 0.15) is 17.8 Å². The van der Waals surface area contributed by atoms with Crippen LogP contribution in [0.5, 0.6) is 5.75 Å². The molecular weight excluding hydrogens is 290 g/mol. The largest absolute Gasteiger partial charge is 0.497 e. The Morgan fingerprint density at radius 2 is 1.91 bits per heavy atom. The van der Waals surface area contributed by atoms with E-state index in [0.29, 0.717) is 0 Å². The molecule has 0 fully saturated rings. The molecule has 23 heavy (non-hydrogen) atoms. The molecule has 0 aliphatic carbocycles. The topological polar surface area (TPSA) is 49.2 Å². The third-order valence-electron chi connectivity index (χ3n) is 3.83. The second-order valence-corrected chi connectivity index (χ2v) is 5.40. The molecule has 3 rings (SSSR count). The summed E-state index contributed by atoms with van der Waals surface area (Å²) in [6.07, 6.45) is 3.52. The molecule has 5 nitrogen and oxygen atoms in total. The van der Waals surface area contributed by atoms with Gasteiger partial charge in [-0.15, -0.1) is 0 Å². The fourth-order valence-electron chi connectivity index (χ4n) is 2.67. The fraction of sp³-hybridized carbons (Fsp3) is 0.333. The highest BCUT2D eigenvalue weighted by Crippen LogP contribution is 2.19. The van der Waals surface area contributed by atoms with Gasteiger partial charge in [0.05, 0.1) is 7.11 Å². The van der Waals surface area contributed by atoms with Crippen LogP contribution in [-0.2, 0) is 17.7 Å². The number of benzene rings is 1. The van der Waals surface area contributed by atoms with Crippen molar-refractivity contribution < 1.29 is 9.47 Å². The predicted octanol–water partition coefficient (Wildman–Crippen LogP) is 3.07. The van der Waals surface area contributed by atoms with E-state index in [1.54, 1.807) is 14.2 Å². The number of hydrogen-bond donors (Lipinski definition) is 0. The molecule has 0 saturated carbocycles. The number of hydrogen-bond acceptors (Lipinski definition) is 4. The maximum Gasteiger partial charge on any atom is 0.159 e. The van der Waals surface area contributed by atoms with Crippen LogP contribution in [0.4, 0.5) is 0 Å². The molecule has 0 radical (unpaired) electrons. The first-order chi connectivity index (χ1) is 11.3. The van der Waals surface area contributed by atoms with E-state index in [2.05, 4.69) is 21.7 Å². The highest BCUT2D eigenvalue weighted by atomic mass is 16.5. The van der Waals surface area contributed by atoms with Crippen LogP contribution in [0.3, 0.4) is 0 Å². The summed E-state index contributed by atoms with van der Waals surface area (Å²) in [5.74, 6) is 1.89. The van der Waals surface area contributed by atoms with Gasteiger partial charge in [-0.2, -0.15) is 0 Å². The van der Waals surface area contributed by atoms with Crippen LogP contribution in [0.15, 0.2) is 42.6 Å². The average Bonchev–Trinajstić information content (AvgIpc) is 2.93. The summed E-state index contributed by atoms with van der Waals surface area (Å²) in [7, 11) is 3.40. The van der Waals surface area contributed by atoms with Crippen LogP contribution in [0, 0.1) is 0 Å². The van der Waals surface area contributed by atoms with Crippen molar-refractivity contribution in [1.82, 2.24) is 14.5 Å². The molecule has 0 amide bonds. The average molecular weight is 311 g/mol. The van der Waals surface area contributed by atoms with Crippen LogP contribution in [0.2, 0.25) is 0 Å². The zero-order valence-corrected chi connectivity index (χ0v) is 13.5. The molecule has 0 atom stereocenters. The summed E-state index contributed by atoms with van der Waals surface area (Å²) in [5.41, 5.74) is 3.08. The highest BCUT2D eigenvalue weighted by Gasteiger charge is 2.12. The molecule has 2 heterocycles. The lowest BCUT2D eigenvalue weighted by Crippen LogP contribution is -2.07. The third kappa shape index (κ3) is 3.51. The molecular formula is C18H21N3O2. The van der Waals surface area contributed by atoms with Crippen molar-refractivity contribution in [2.24, 2.45) is 0 Å². The van der Waals surface area contributed by atoms with E-state index in [1.807, 2.05) is 30.5 Å². The summed E-state index contributed by atoms with van der Waals surface area (Å²) in [5, 5.41) is 0. The molecule has 0 spiro atoms. The van der Waals surface area contributed by atoms with Gasteiger partial charge in [0.25, 0.3) is 0 Å². The highest BCUT2D eigenvalue weighted by molar-refractivity contribution is 5.71. The lowest BCUT2D eigenvalue weighted by molar-refractivity contribution is 0.190. The van der Waals surface area contributed by atoms with E-state index in [1.165, 1.54) is 5.56 Å². The van der Waals surface area contributed by atoms with Crippen LogP contribution in [-0.4, -0.2) is 35.4 Å². The minimum atomic E-state index is 0.731. The van der Waals surface area contributed by atoms with E-state index in [-0.39, 0.29) is 0 Å². The maximum absolute atomic E-state index is 5.21. The second-order valence-electron chi connectivity index (χ2n) is 5.40. The van der Waals surface area contributed by atoms with Crippen molar-refractivity contribution in [1.29, 1.82) is 0 Å². The summed E-state index contributed by atoms with van der Waals surface area (Å²) >= 11 is 0. The van der Waals surface area contributed by atoms with Crippen molar-refractivity contribution in [3.05, 3.63) is 54.0 Å². The van der Waals surface area contributed by atoms with Gasteiger partial charge in [0.15, 0.2) is 5.65 Å². The molecule has 0 aliphatic heterocycles. The molecule has 0 bridgehead atoms. The van der Waals surface area contributed by atoms with Gasteiger partial charge in [0.1, 0.15) is 17.1 Å². The Labute approximate surface area is 135 Å². The summed E-state index contributed by atoms with van der Waals surface area (Å²) in [4.78, 5) is 9.25. The van der Waals surface area contributed by atoms with Gasteiger partial charge in [0, 0.05) is 32.9 Å². The van der Waals surface area contributed by atoms with Crippen molar-refractivity contribution in [2.75, 3.05) is 20.8 Å². The number of pyridine rings is 1. The number of aromatic nitrogens is 3. The lowest BCUT2D eigenvalue weighted by Gasteiger charge is -2.09. The normalized spacial score (nSPS) is 11.0. The number of aryl methyl sites for hydroxylation is 1. The predicted molar refractivity (Wildman–Crippen MR) is 89.8 cm³/mol. The minimum Gasteiger partial charge on any atom is -0.497 e. The van der Waals surface area contributed by atoms with Crippen LogP contribution >= 0.6 is 0 Å². The van der Waals surface area contributed by atoms with E-state index >= 15 is 0 Å². The number of fused-ring (bicyclic) bond motifs is 1. The fourth-order valence-corrected chi connectivity index (χ4v) is 2.67. The van der Waals surface area contributed by atoms with Crippen molar-refractivity contribution in [2.45, 2.75) is 19.4 Å². The van der Waals surface area contributed by atoms with E-state index in [4.69, 9.17) is 14.5 Å². The lowest BCUT2D eigenvalue weighted by atomic mass is 10.1. The summed E-state index contributed by atoms with van der Waals surface area (Å²) in [6.45, 7) is 1.58. The van der Waals surface area contributed by atoms with E-state index < -0.39 is 0 Å². The first kappa shape index (κ1) is 15.5. The third-order valence-corrected chi connectivity index (χ3v) is 3.83. The molecule has 0 unspecified atom stereocenters. The Hall–Kier alpha value is -2.40. The van der Waals surface area contributed by atoms with Crippen molar-refractivity contribution >= 4 is 11.2 Å². The van der Waals surface area contributed by atoms with Crippen LogP contribution in [0.25, 0.3) is 11.2 Å². The maximum atomic E-state index is 5.21. The molecule has 120 valence electrons. The zero-order valence-electron chi connectivity index (χ0n) is 13.5. The summed E-state index contributed by atoms with van der Waals surface area (Å²) in [6, 6.07) is 12.0. The zero-order chi connectivity index (χ0) is 16.1. The number of ether oxygens (including phenoxy) is 2. The van der Waals surface area contributed by atoms with Gasteiger partial charge in [-0.05, 0) is 36.2 Å². The second kappa shape index (κ2) is 7.24. The van der Waals surface area contributed by atoms with Crippen molar-refractivity contribution in [3.8, 4) is 5.75 Å². The quantitative estimate of drug-likeness (QED) is 0.629. The first-order valence-corrected chi connectivity index (χ1v) is 7.74. The Balaban J connectivity index is 1.89. The first-order valence-electron chi connectivity index (χ1n) is 7.74. The molecule has 0 saturated heterocycles. The molecule has 0 aliphatic rings. The monoisotopic (exact) mass is 311 g/mol. The van der Waals surface area contributed by atoms with Gasteiger partial charge in [-0.1, -0.05) is 12.1 Å². The van der Waals surface area contributed by atoms with Gasteiger partial charge in [0.2, 0.25) is 0 Å².